The third-order valence-electron chi connectivity index (χ3n) is 6.39. The zero-order valence-electron chi connectivity index (χ0n) is 10.9. The number of carboxylic acid groups (broad SMARTS) is 1. The summed E-state index contributed by atoms with van der Waals surface area (Å²) in [4.78, 5) is 11.2. The van der Waals surface area contributed by atoms with Crippen LogP contribution in [0, 0.1) is 28.6 Å². The van der Waals surface area contributed by atoms with E-state index in [4.69, 9.17) is 10.8 Å². The summed E-state index contributed by atoms with van der Waals surface area (Å²) >= 11 is 0. The van der Waals surface area contributed by atoms with Gasteiger partial charge in [0.05, 0.1) is 13.1 Å². The Balaban J connectivity index is 2.04. The summed E-state index contributed by atoms with van der Waals surface area (Å²) < 4.78 is 28.3. The molecule has 3 N–H and O–H groups in total. The molecule has 0 spiro atoms. The highest BCUT2D eigenvalue weighted by Crippen LogP contribution is 2.76. The number of fused-ring (bicyclic) bond motifs is 1. The van der Waals surface area contributed by atoms with E-state index < -0.39 is 29.6 Å². The minimum Gasteiger partial charge on any atom is -0.481 e. The number of halogens is 2. The van der Waals surface area contributed by atoms with E-state index in [-0.39, 0.29) is 30.7 Å². The zero-order chi connectivity index (χ0) is 13.8. The molecule has 0 aliphatic heterocycles. The second-order valence-electron chi connectivity index (χ2n) is 6.69. The molecule has 108 valence electrons. The van der Waals surface area contributed by atoms with Gasteiger partial charge >= 0.3 is 5.97 Å². The van der Waals surface area contributed by atoms with Crippen molar-refractivity contribution in [2.24, 2.45) is 34.3 Å². The van der Waals surface area contributed by atoms with Crippen molar-refractivity contribution in [3.8, 4) is 0 Å². The molecule has 0 aromatic carbocycles. The molecule has 3 aliphatic carbocycles. The van der Waals surface area contributed by atoms with Crippen molar-refractivity contribution in [2.45, 2.75) is 38.3 Å². The predicted molar refractivity (Wildman–Crippen MR) is 66.0 cm³/mol. The SMILES string of the molecule is NC[C@@]1(CC(=O)O)[C@@H]2C[C@@H]3CCC[C@@]1(CF)C2[C@H]3F. The maximum absolute atomic E-state index is 14.5. The molecule has 3 fully saturated rings. The molecule has 0 aromatic rings. The van der Waals surface area contributed by atoms with Crippen molar-refractivity contribution >= 4 is 5.97 Å². The number of hydrogen-bond donors (Lipinski definition) is 2. The normalized spacial score (nSPS) is 51.5. The van der Waals surface area contributed by atoms with Crippen LogP contribution < -0.4 is 5.73 Å². The fourth-order valence-electron chi connectivity index (χ4n) is 5.65. The lowest BCUT2D eigenvalue weighted by atomic mass is 9.37. The van der Waals surface area contributed by atoms with Gasteiger partial charge in [0.15, 0.2) is 0 Å². The van der Waals surface area contributed by atoms with Crippen LogP contribution in [0.5, 0.6) is 0 Å². The summed E-state index contributed by atoms with van der Waals surface area (Å²) in [5.41, 5.74) is 4.31. The van der Waals surface area contributed by atoms with Crippen LogP contribution >= 0.6 is 0 Å². The number of aliphatic carboxylic acids is 1. The fourth-order valence-corrected chi connectivity index (χ4v) is 5.65. The van der Waals surface area contributed by atoms with Crippen molar-refractivity contribution in [3.63, 3.8) is 0 Å². The first kappa shape index (κ1) is 13.3. The summed E-state index contributed by atoms with van der Waals surface area (Å²) in [7, 11) is 0. The van der Waals surface area contributed by atoms with Crippen LogP contribution in [0.2, 0.25) is 0 Å². The Labute approximate surface area is 111 Å². The maximum Gasteiger partial charge on any atom is 0.303 e. The van der Waals surface area contributed by atoms with E-state index in [9.17, 15) is 13.6 Å². The van der Waals surface area contributed by atoms with E-state index in [0.29, 0.717) is 12.8 Å². The molecule has 3 aliphatic rings. The molecule has 0 radical (unpaired) electrons. The summed E-state index contributed by atoms with van der Waals surface area (Å²) in [5, 5.41) is 9.17. The molecule has 3 nitrogen and oxygen atoms in total. The van der Waals surface area contributed by atoms with Crippen LogP contribution in [0.1, 0.15) is 32.1 Å². The first-order chi connectivity index (χ1) is 9.02. The topological polar surface area (TPSA) is 63.3 Å². The Hall–Kier alpha value is -0.710. The number of alkyl halides is 2. The van der Waals surface area contributed by atoms with Gasteiger partial charge in [-0.25, -0.2) is 4.39 Å². The average molecular weight is 273 g/mol. The molecule has 1 unspecified atom stereocenters. The molecule has 5 heteroatoms. The second-order valence-corrected chi connectivity index (χ2v) is 6.69. The van der Waals surface area contributed by atoms with E-state index >= 15 is 0 Å². The van der Waals surface area contributed by atoms with Crippen LogP contribution in [0.25, 0.3) is 0 Å². The largest absolute Gasteiger partial charge is 0.481 e. The number of nitrogens with two attached hydrogens (primary N) is 1. The first-order valence-corrected chi connectivity index (χ1v) is 7.14. The number of rotatable bonds is 4. The number of carbonyl (C=O) groups is 1. The summed E-state index contributed by atoms with van der Waals surface area (Å²) in [6.45, 7) is -0.477. The smallest absolute Gasteiger partial charge is 0.303 e. The molecule has 0 amide bonds. The highest BCUT2D eigenvalue weighted by Gasteiger charge is 2.76. The van der Waals surface area contributed by atoms with Gasteiger partial charge in [0.25, 0.3) is 0 Å². The Morgan fingerprint density at radius 3 is 2.79 bits per heavy atom. The van der Waals surface area contributed by atoms with E-state index in [1.54, 1.807) is 0 Å². The van der Waals surface area contributed by atoms with Gasteiger partial charge in [-0.2, -0.15) is 0 Å². The van der Waals surface area contributed by atoms with E-state index in [1.807, 2.05) is 0 Å². The van der Waals surface area contributed by atoms with Crippen LogP contribution in [0.3, 0.4) is 0 Å². The van der Waals surface area contributed by atoms with Crippen molar-refractivity contribution < 1.29 is 18.7 Å². The van der Waals surface area contributed by atoms with Gasteiger partial charge in [-0.05, 0) is 37.6 Å². The molecule has 3 rings (SSSR count). The summed E-state index contributed by atoms with van der Waals surface area (Å²) in [6, 6.07) is 0. The summed E-state index contributed by atoms with van der Waals surface area (Å²) in [6.07, 6.45) is 1.80. The Kier molecular flexibility index (Phi) is 2.89. The maximum atomic E-state index is 14.5. The quantitative estimate of drug-likeness (QED) is 0.825. The van der Waals surface area contributed by atoms with Crippen LogP contribution in [0.4, 0.5) is 8.78 Å². The lowest BCUT2D eigenvalue weighted by molar-refractivity contribution is -0.225. The average Bonchev–Trinajstić information content (AvgIpc) is 2.57. The van der Waals surface area contributed by atoms with E-state index in [1.165, 1.54) is 0 Å². The van der Waals surface area contributed by atoms with Gasteiger partial charge in [0.2, 0.25) is 0 Å². The number of hydrogen-bond acceptors (Lipinski definition) is 2. The minimum atomic E-state index is -0.961. The standard InChI is InChI=1S/C14H21F2NO2/c15-6-13-3-1-2-8-4-9(11(13)12(8)16)14(13,7-17)5-10(18)19/h8-9,11-12H,1-7,17H2,(H,18,19)/t8-,9+,11?,12-,13+,14-/m0/s1. The summed E-state index contributed by atoms with van der Waals surface area (Å²) in [5.74, 6) is -1.29. The zero-order valence-corrected chi connectivity index (χ0v) is 10.9. The molecule has 19 heavy (non-hydrogen) atoms. The molecular formula is C14H21F2NO2. The second kappa shape index (κ2) is 4.14. The minimum absolute atomic E-state index is 0.00866. The lowest BCUT2D eigenvalue weighted by Gasteiger charge is -2.67. The van der Waals surface area contributed by atoms with Crippen molar-refractivity contribution in [1.29, 1.82) is 0 Å². The van der Waals surface area contributed by atoms with Gasteiger partial charge < -0.3 is 10.8 Å². The molecule has 6 atom stereocenters. The molecule has 2 bridgehead atoms. The lowest BCUT2D eigenvalue weighted by Crippen LogP contribution is -2.69. The van der Waals surface area contributed by atoms with Crippen molar-refractivity contribution in [1.82, 2.24) is 0 Å². The Morgan fingerprint density at radius 1 is 1.47 bits per heavy atom. The van der Waals surface area contributed by atoms with E-state index in [2.05, 4.69) is 0 Å². The van der Waals surface area contributed by atoms with Gasteiger partial charge in [-0.1, -0.05) is 6.42 Å². The molecule has 0 saturated heterocycles. The van der Waals surface area contributed by atoms with Gasteiger partial charge in [-0.15, -0.1) is 0 Å². The Bertz CT molecular complexity index is 405. The molecule has 0 aromatic heterocycles. The number of carboxylic acids is 1. The fraction of sp³-hybridized carbons (Fsp3) is 0.929. The predicted octanol–water partition coefficient (Wildman–Crippen LogP) is 2.15. The van der Waals surface area contributed by atoms with Crippen molar-refractivity contribution in [3.05, 3.63) is 0 Å². The molecule has 0 heterocycles. The van der Waals surface area contributed by atoms with Gasteiger partial charge in [0.1, 0.15) is 6.17 Å². The third kappa shape index (κ3) is 1.37. The molecular weight excluding hydrogens is 252 g/mol. The highest BCUT2D eigenvalue weighted by molar-refractivity contribution is 5.68. The highest BCUT2D eigenvalue weighted by atomic mass is 19.1. The first-order valence-electron chi connectivity index (χ1n) is 7.14. The molecule has 3 saturated carbocycles. The Morgan fingerprint density at radius 2 is 2.21 bits per heavy atom. The van der Waals surface area contributed by atoms with Gasteiger partial charge in [0, 0.05) is 16.7 Å². The van der Waals surface area contributed by atoms with Crippen LogP contribution in [-0.2, 0) is 4.79 Å². The van der Waals surface area contributed by atoms with Crippen LogP contribution in [0.15, 0.2) is 0 Å². The third-order valence-corrected chi connectivity index (χ3v) is 6.39. The van der Waals surface area contributed by atoms with Crippen molar-refractivity contribution in [2.75, 3.05) is 13.2 Å². The van der Waals surface area contributed by atoms with E-state index in [0.717, 1.165) is 12.8 Å². The monoisotopic (exact) mass is 273 g/mol. The van der Waals surface area contributed by atoms with Crippen LogP contribution in [-0.4, -0.2) is 30.5 Å². The van der Waals surface area contributed by atoms with Gasteiger partial charge in [-0.3, -0.25) is 9.18 Å².